The molecule has 3 heterocycles. The Bertz CT molecular complexity index is 960. The van der Waals surface area contributed by atoms with Gasteiger partial charge in [-0.15, -0.1) is 0 Å². The van der Waals surface area contributed by atoms with E-state index in [1.807, 2.05) is 12.3 Å². The van der Waals surface area contributed by atoms with Gasteiger partial charge in [0.25, 0.3) is 0 Å². The molecule has 6 heteroatoms. The number of hydrogen-bond acceptors (Lipinski definition) is 4. The van der Waals surface area contributed by atoms with Crippen LogP contribution in [0, 0.1) is 0 Å². The van der Waals surface area contributed by atoms with Crippen molar-refractivity contribution in [2.75, 3.05) is 0 Å². The molecule has 0 saturated carbocycles. The monoisotopic (exact) mass is 376 g/mol. The summed E-state index contributed by atoms with van der Waals surface area (Å²) in [5.74, 6) is 0.694. The molecule has 0 aromatic carbocycles. The van der Waals surface area contributed by atoms with Gasteiger partial charge in [-0.3, -0.25) is 10.2 Å². The van der Waals surface area contributed by atoms with E-state index in [4.69, 9.17) is 4.98 Å². The van der Waals surface area contributed by atoms with Gasteiger partial charge in [0.05, 0.1) is 5.69 Å². The third-order valence-corrected chi connectivity index (χ3v) is 6.65. The Balaban J connectivity index is 1.58. The van der Waals surface area contributed by atoms with Crippen LogP contribution in [0.1, 0.15) is 75.9 Å². The largest absolute Gasteiger partial charge is 0.281 e. The molecule has 5 rings (SSSR count). The van der Waals surface area contributed by atoms with E-state index in [1.165, 1.54) is 48.2 Å². The van der Waals surface area contributed by atoms with Crippen molar-refractivity contribution in [2.24, 2.45) is 0 Å². The van der Waals surface area contributed by atoms with Crippen molar-refractivity contribution in [1.29, 1.82) is 0 Å². The summed E-state index contributed by atoms with van der Waals surface area (Å²) in [5, 5.41) is 15.8. The SMILES string of the molecule is CC1(C)CCCc2c(-c3ccnc(-c4n[nH]c5c4CCCC5(C)C)n3)n[nH]c21. The molecule has 0 atom stereocenters. The fourth-order valence-electron chi connectivity index (χ4n) is 5.00. The minimum absolute atomic E-state index is 0.128. The second-order valence-corrected chi connectivity index (χ2v) is 9.59. The van der Waals surface area contributed by atoms with Crippen molar-refractivity contribution >= 4 is 0 Å². The first-order valence-corrected chi connectivity index (χ1v) is 10.4. The summed E-state index contributed by atoms with van der Waals surface area (Å²) in [6, 6.07) is 1.96. The van der Waals surface area contributed by atoms with Gasteiger partial charge in [-0.1, -0.05) is 27.7 Å². The van der Waals surface area contributed by atoms with E-state index in [2.05, 4.69) is 53.1 Å². The van der Waals surface area contributed by atoms with Crippen LogP contribution in [0.25, 0.3) is 22.9 Å². The van der Waals surface area contributed by atoms with Gasteiger partial charge in [0, 0.05) is 39.5 Å². The highest BCUT2D eigenvalue weighted by Crippen LogP contribution is 2.40. The molecular formula is C22H28N6. The van der Waals surface area contributed by atoms with Gasteiger partial charge in [0.2, 0.25) is 0 Å². The Labute approximate surface area is 165 Å². The number of nitrogens with one attached hydrogen (secondary N) is 2. The van der Waals surface area contributed by atoms with E-state index in [0.717, 1.165) is 29.9 Å². The Morgan fingerprint density at radius 1 is 0.821 bits per heavy atom. The molecule has 0 bridgehead atoms. The molecule has 0 saturated heterocycles. The van der Waals surface area contributed by atoms with Crippen LogP contribution in [0.4, 0.5) is 0 Å². The van der Waals surface area contributed by atoms with Crippen molar-refractivity contribution in [2.45, 2.75) is 77.0 Å². The van der Waals surface area contributed by atoms with Crippen molar-refractivity contribution < 1.29 is 0 Å². The summed E-state index contributed by atoms with van der Waals surface area (Å²) in [5.41, 5.74) is 8.10. The zero-order valence-electron chi connectivity index (χ0n) is 17.2. The Morgan fingerprint density at radius 2 is 1.39 bits per heavy atom. The first-order chi connectivity index (χ1) is 13.4. The normalized spacial score (nSPS) is 19.9. The highest BCUT2D eigenvalue weighted by Gasteiger charge is 2.34. The molecule has 2 N–H and O–H groups in total. The van der Waals surface area contributed by atoms with Gasteiger partial charge in [-0.25, -0.2) is 9.97 Å². The van der Waals surface area contributed by atoms with Crippen LogP contribution in [0.3, 0.4) is 0 Å². The quantitative estimate of drug-likeness (QED) is 0.690. The molecule has 0 amide bonds. The summed E-state index contributed by atoms with van der Waals surface area (Å²) < 4.78 is 0. The van der Waals surface area contributed by atoms with Gasteiger partial charge in [-0.05, 0) is 44.6 Å². The van der Waals surface area contributed by atoms with Crippen LogP contribution in [0.15, 0.2) is 12.3 Å². The predicted octanol–water partition coefficient (Wildman–Crippen LogP) is 4.48. The zero-order chi connectivity index (χ0) is 19.5. The highest BCUT2D eigenvalue weighted by molar-refractivity contribution is 5.65. The minimum Gasteiger partial charge on any atom is -0.281 e. The van der Waals surface area contributed by atoms with Gasteiger partial charge in [-0.2, -0.15) is 10.2 Å². The predicted molar refractivity (Wildman–Crippen MR) is 109 cm³/mol. The molecule has 6 nitrogen and oxygen atoms in total. The van der Waals surface area contributed by atoms with Crippen molar-refractivity contribution in [1.82, 2.24) is 30.4 Å². The van der Waals surface area contributed by atoms with Gasteiger partial charge in [0.15, 0.2) is 5.82 Å². The fourth-order valence-corrected chi connectivity index (χ4v) is 5.00. The van der Waals surface area contributed by atoms with E-state index in [0.29, 0.717) is 5.82 Å². The lowest BCUT2D eigenvalue weighted by Gasteiger charge is -2.29. The maximum absolute atomic E-state index is 4.89. The van der Waals surface area contributed by atoms with Gasteiger partial charge >= 0.3 is 0 Å². The van der Waals surface area contributed by atoms with Crippen LogP contribution >= 0.6 is 0 Å². The molecule has 2 aliphatic rings. The number of nitrogens with zero attached hydrogens (tertiary/aromatic N) is 4. The topological polar surface area (TPSA) is 83.1 Å². The van der Waals surface area contributed by atoms with Crippen LogP contribution in [0.2, 0.25) is 0 Å². The highest BCUT2D eigenvalue weighted by atomic mass is 15.2. The number of fused-ring (bicyclic) bond motifs is 2. The zero-order valence-corrected chi connectivity index (χ0v) is 17.2. The molecule has 146 valence electrons. The van der Waals surface area contributed by atoms with E-state index >= 15 is 0 Å². The molecule has 0 radical (unpaired) electrons. The maximum Gasteiger partial charge on any atom is 0.180 e. The number of H-pyrrole nitrogens is 2. The second-order valence-electron chi connectivity index (χ2n) is 9.59. The Hall–Kier alpha value is -2.50. The number of rotatable bonds is 2. The third kappa shape index (κ3) is 2.61. The third-order valence-electron chi connectivity index (χ3n) is 6.65. The lowest BCUT2D eigenvalue weighted by Crippen LogP contribution is -2.23. The summed E-state index contributed by atoms with van der Waals surface area (Å²) in [6.45, 7) is 9.14. The number of hydrogen-bond donors (Lipinski definition) is 2. The molecule has 0 spiro atoms. The van der Waals surface area contributed by atoms with Crippen LogP contribution in [-0.2, 0) is 23.7 Å². The number of aromatic nitrogens is 6. The van der Waals surface area contributed by atoms with Gasteiger partial charge in [0.1, 0.15) is 11.4 Å². The van der Waals surface area contributed by atoms with Crippen LogP contribution < -0.4 is 0 Å². The van der Waals surface area contributed by atoms with Gasteiger partial charge < -0.3 is 0 Å². The average molecular weight is 377 g/mol. The standard InChI is InChI=1S/C22H28N6/c1-21(2)10-5-7-13-16(25-27-18(13)21)15-9-12-23-20(24-15)17-14-8-6-11-22(3,4)19(14)28-26-17/h9,12H,5-8,10-11H2,1-4H3,(H,25,27)(H,26,28). The van der Waals surface area contributed by atoms with E-state index in [-0.39, 0.29) is 10.8 Å². The molecule has 3 aromatic rings. The fraction of sp³-hybridized carbons (Fsp3) is 0.545. The lowest BCUT2D eigenvalue weighted by atomic mass is 9.76. The maximum atomic E-state index is 4.89. The van der Waals surface area contributed by atoms with Crippen molar-refractivity contribution in [3.8, 4) is 22.9 Å². The lowest BCUT2D eigenvalue weighted by molar-refractivity contribution is 0.420. The number of aromatic amines is 2. The Morgan fingerprint density at radius 3 is 2.04 bits per heavy atom. The summed E-state index contributed by atoms with van der Waals surface area (Å²) in [4.78, 5) is 9.45. The summed E-state index contributed by atoms with van der Waals surface area (Å²) in [6.07, 6.45) is 8.64. The van der Waals surface area contributed by atoms with E-state index < -0.39 is 0 Å². The summed E-state index contributed by atoms with van der Waals surface area (Å²) in [7, 11) is 0. The Kier molecular flexibility index (Phi) is 3.77. The smallest absolute Gasteiger partial charge is 0.180 e. The first kappa shape index (κ1) is 17.6. The molecule has 28 heavy (non-hydrogen) atoms. The molecule has 3 aromatic heterocycles. The van der Waals surface area contributed by atoms with Crippen LogP contribution in [-0.4, -0.2) is 30.4 Å². The van der Waals surface area contributed by atoms with Crippen molar-refractivity contribution in [3.05, 3.63) is 34.8 Å². The first-order valence-electron chi connectivity index (χ1n) is 10.4. The van der Waals surface area contributed by atoms with E-state index in [9.17, 15) is 0 Å². The second kappa shape index (κ2) is 6.00. The molecular weight excluding hydrogens is 348 g/mol. The molecule has 0 aliphatic heterocycles. The minimum atomic E-state index is 0.128. The van der Waals surface area contributed by atoms with E-state index in [1.54, 1.807) is 0 Å². The van der Waals surface area contributed by atoms with Crippen LogP contribution in [0.5, 0.6) is 0 Å². The van der Waals surface area contributed by atoms with Crippen molar-refractivity contribution in [3.63, 3.8) is 0 Å². The average Bonchev–Trinajstić information content (AvgIpc) is 3.27. The molecule has 0 unspecified atom stereocenters. The summed E-state index contributed by atoms with van der Waals surface area (Å²) >= 11 is 0. The molecule has 2 aliphatic carbocycles. The molecule has 0 fully saturated rings.